The third-order valence-electron chi connectivity index (χ3n) is 1.82. The fraction of sp³-hybridized carbons (Fsp3) is 0.833. The zero-order chi connectivity index (χ0) is 5.44. The van der Waals surface area contributed by atoms with E-state index in [1.54, 1.807) is 0 Å². The zero-order valence-electron chi connectivity index (χ0n) is 4.69. The van der Waals surface area contributed by atoms with E-state index < -0.39 is 0 Å². The molecule has 1 fully saturated rings. The van der Waals surface area contributed by atoms with Crippen molar-refractivity contribution in [3.63, 3.8) is 0 Å². The van der Waals surface area contributed by atoms with Crippen molar-refractivity contribution < 1.29 is 0 Å². The first-order chi connectivity index (χ1) is 3.22. The molecule has 3 unspecified atom stereocenters. The van der Waals surface area contributed by atoms with Crippen LogP contribution in [-0.4, -0.2) is 5.38 Å². The van der Waals surface area contributed by atoms with Crippen LogP contribution in [0.2, 0.25) is 0 Å². The SMILES string of the molecule is CC1[CH]C(Cl)C1C. The fourth-order valence-corrected chi connectivity index (χ4v) is 1.24. The van der Waals surface area contributed by atoms with Gasteiger partial charge < -0.3 is 0 Å². The summed E-state index contributed by atoms with van der Waals surface area (Å²) in [7, 11) is 0. The van der Waals surface area contributed by atoms with Crippen LogP contribution in [-0.2, 0) is 0 Å². The minimum atomic E-state index is 0.356. The van der Waals surface area contributed by atoms with Crippen LogP contribution >= 0.6 is 11.6 Å². The Morgan fingerprint density at radius 3 is 2.00 bits per heavy atom. The summed E-state index contributed by atoms with van der Waals surface area (Å²) < 4.78 is 0. The van der Waals surface area contributed by atoms with E-state index >= 15 is 0 Å². The van der Waals surface area contributed by atoms with Gasteiger partial charge in [-0.3, -0.25) is 0 Å². The van der Waals surface area contributed by atoms with Crippen molar-refractivity contribution in [1.29, 1.82) is 0 Å². The van der Waals surface area contributed by atoms with E-state index in [4.69, 9.17) is 11.6 Å². The van der Waals surface area contributed by atoms with Crippen LogP contribution in [0, 0.1) is 18.3 Å². The predicted molar refractivity (Wildman–Crippen MR) is 32.3 cm³/mol. The van der Waals surface area contributed by atoms with Gasteiger partial charge in [0.05, 0.1) is 0 Å². The van der Waals surface area contributed by atoms with Crippen LogP contribution in [0.25, 0.3) is 0 Å². The Kier molecular flexibility index (Phi) is 1.29. The van der Waals surface area contributed by atoms with Crippen molar-refractivity contribution in [2.75, 3.05) is 0 Å². The van der Waals surface area contributed by atoms with E-state index in [9.17, 15) is 0 Å². The molecule has 0 aromatic carbocycles. The van der Waals surface area contributed by atoms with Gasteiger partial charge in [0.15, 0.2) is 0 Å². The van der Waals surface area contributed by atoms with E-state index in [2.05, 4.69) is 20.3 Å². The Balaban J connectivity index is 2.29. The van der Waals surface area contributed by atoms with Gasteiger partial charge in [-0.05, 0) is 18.3 Å². The summed E-state index contributed by atoms with van der Waals surface area (Å²) in [5.41, 5.74) is 0. The highest BCUT2D eigenvalue weighted by Crippen LogP contribution is 2.36. The van der Waals surface area contributed by atoms with E-state index in [-0.39, 0.29) is 0 Å². The van der Waals surface area contributed by atoms with E-state index in [1.165, 1.54) is 0 Å². The van der Waals surface area contributed by atoms with Crippen LogP contribution in [0.3, 0.4) is 0 Å². The summed E-state index contributed by atoms with van der Waals surface area (Å²) in [4.78, 5) is 0. The average molecular weight is 118 g/mol. The Morgan fingerprint density at radius 1 is 1.43 bits per heavy atom. The van der Waals surface area contributed by atoms with Gasteiger partial charge in [0.1, 0.15) is 0 Å². The maximum absolute atomic E-state index is 5.74. The van der Waals surface area contributed by atoms with Crippen molar-refractivity contribution in [1.82, 2.24) is 0 Å². The summed E-state index contributed by atoms with van der Waals surface area (Å²) in [6, 6.07) is 0. The Hall–Kier alpha value is 0.290. The molecule has 0 spiro atoms. The van der Waals surface area contributed by atoms with Crippen LogP contribution in [0.4, 0.5) is 0 Å². The molecule has 0 aromatic heterocycles. The maximum Gasteiger partial charge on any atom is 0.0398 e. The van der Waals surface area contributed by atoms with Crippen molar-refractivity contribution in [3.05, 3.63) is 6.42 Å². The first-order valence-corrected chi connectivity index (χ1v) is 3.14. The molecule has 1 aliphatic carbocycles. The lowest BCUT2D eigenvalue weighted by atomic mass is 9.76. The molecule has 1 radical (unpaired) electrons. The molecule has 0 aromatic rings. The van der Waals surface area contributed by atoms with E-state index in [0.29, 0.717) is 11.3 Å². The van der Waals surface area contributed by atoms with Crippen molar-refractivity contribution >= 4 is 11.6 Å². The van der Waals surface area contributed by atoms with Gasteiger partial charge in [-0.25, -0.2) is 0 Å². The normalized spacial score (nSPS) is 51.0. The molecule has 0 bridgehead atoms. The molecule has 0 N–H and O–H groups in total. The molecule has 0 amide bonds. The van der Waals surface area contributed by atoms with Gasteiger partial charge in [-0.1, -0.05) is 13.8 Å². The predicted octanol–water partition coefficient (Wildman–Crippen LogP) is 2.08. The zero-order valence-corrected chi connectivity index (χ0v) is 5.44. The van der Waals surface area contributed by atoms with Crippen molar-refractivity contribution in [3.8, 4) is 0 Å². The first kappa shape index (κ1) is 5.43. The van der Waals surface area contributed by atoms with Gasteiger partial charge in [-0.2, -0.15) is 0 Å². The fourth-order valence-electron chi connectivity index (χ4n) is 0.785. The molecule has 1 saturated carbocycles. The lowest BCUT2D eigenvalue weighted by Gasteiger charge is -2.35. The molecule has 1 heteroatoms. The maximum atomic E-state index is 5.74. The standard InChI is InChI=1S/C6H10Cl/c1-4-3-6(7)5(4)2/h3-6H,1-2H3. The van der Waals surface area contributed by atoms with Gasteiger partial charge in [0.2, 0.25) is 0 Å². The second kappa shape index (κ2) is 1.66. The second-order valence-electron chi connectivity index (χ2n) is 2.36. The highest BCUT2D eigenvalue weighted by Gasteiger charge is 2.32. The molecule has 1 rings (SSSR count). The average Bonchev–Trinajstić information content (AvgIpc) is 1.68. The molecule has 3 atom stereocenters. The number of hydrogen-bond donors (Lipinski definition) is 0. The molecule has 0 heterocycles. The van der Waals surface area contributed by atoms with E-state index in [1.807, 2.05) is 0 Å². The highest BCUT2D eigenvalue weighted by atomic mass is 35.5. The third kappa shape index (κ3) is 0.766. The van der Waals surface area contributed by atoms with Gasteiger partial charge in [0, 0.05) is 5.38 Å². The Bertz CT molecular complexity index is 62.6. The molecule has 0 aliphatic heterocycles. The monoisotopic (exact) mass is 117 g/mol. The summed E-state index contributed by atoms with van der Waals surface area (Å²) in [6.07, 6.45) is 2.17. The highest BCUT2D eigenvalue weighted by molar-refractivity contribution is 6.22. The molecular weight excluding hydrogens is 108 g/mol. The van der Waals surface area contributed by atoms with Crippen LogP contribution < -0.4 is 0 Å². The largest absolute Gasteiger partial charge is 0.122 e. The molecule has 0 nitrogen and oxygen atoms in total. The molecular formula is C6H10Cl. The Morgan fingerprint density at radius 2 is 2.00 bits per heavy atom. The molecule has 1 aliphatic rings. The summed E-state index contributed by atoms with van der Waals surface area (Å²) in [5, 5.41) is 0.356. The minimum Gasteiger partial charge on any atom is -0.122 e. The second-order valence-corrected chi connectivity index (χ2v) is 2.86. The van der Waals surface area contributed by atoms with Crippen LogP contribution in [0.5, 0.6) is 0 Å². The lowest BCUT2D eigenvalue weighted by molar-refractivity contribution is 0.324. The van der Waals surface area contributed by atoms with Crippen LogP contribution in [0.1, 0.15) is 13.8 Å². The van der Waals surface area contributed by atoms with E-state index in [0.717, 1.165) is 5.92 Å². The number of hydrogen-bond acceptors (Lipinski definition) is 0. The molecule has 41 valence electrons. The third-order valence-corrected chi connectivity index (χ3v) is 2.36. The number of halogens is 1. The summed E-state index contributed by atoms with van der Waals surface area (Å²) >= 11 is 5.74. The minimum absolute atomic E-state index is 0.356. The summed E-state index contributed by atoms with van der Waals surface area (Å²) in [5.74, 6) is 1.46. The van der Waals surface area contributed by atoms with Crippen LogP contribution in [0.15, 0.2) is 0 Å². The molecule has 0 saturated heterocycles. The van der Waals surface area contributed by atoms with Gasteiger partial charge in [-0.15, -0.1) is 11.6 Å². The Labute approximate surface area is 49.9 Å². The number of rotatable bonds is 0. The van der Waals surface area contributed by atoms with Gasteiger partial charge >= 0.3 is 0 Å². The number of alkyl halides is 1. The topological polar surface area (TPSA) is 0 Å². The first-order valence-electron chi connectivity index (χ1n) is 2.71. The quantitative estimate of drug-likeness (QED) is 0.426. The van der Waals surface area contributed by atoms with Crippen molar-refractivity contribution in [2.45, 2.75) is 19.2 Å². The lowest BCUT2D eigenvalue weighted by Crippen LogP contribution is -2.33. The summed E-state index contributed by atoms with van der Waals surface area (Å²) in [6.45, 7) is 4.38. The van der Waals surface area contributed by atoms with Gasteiger partial charge in [0.25, 0.3) is 0 Å². The smallest absolute Gasteiger partial charge is 0.0398 e. The molecule has 7 heavy (non-hydrogen) atoms. The van der Waals surface area contributed by atoms with Crippen molar-refractivity contribution in [2.24, 2.45) is 11.8 Å².